The first kappa shape index (κ1) is 26.6. The molecule has 34 heavy (non-hydrogen) atoms. The van der Waals surface area contributed by atoms with Gasteiger partial charge in [-0.3, -0.25) is 9.59 Å². The molecule has 2 N–H and O–H groups in total. The van der Waals surface area contributed by atoms with E-state index < -0.39 is 12.2 Å². The summed E-state index contributed by atoms with van der Waals surface area (Å²) in [6.07, 6.45) is 13.9. The number of aliphatic hydroxyl groups is 1. The summed E-state index contributed by atoms with van der Waals surface area (Å²) in [5.41, 5.74) is 0.799. The van der Waals surface area contributed by atoms with Crippen molar-refractivity contribution in [3.63, 3.8) is 0 Å². The molecule has 1 amide bonds. The summed E-state index contributed by atoms with van der Waals surface area (Å²) in [6.45, 7) is 8.64. The molecule has 2 heterocycles. The second kappa shape index (κ2) is 12.1. The van der Waals surface area contributed by atoms with Gasteiger partial charge >= 0.3 is 5.97 Å². The molecule has 0 bridgehead atoms. The third kappa shape index (κ3) is 7.79. The van der Waals surface area contributed by atoms with Crippen LogP contribution in [0.4, 0.5) is 0 Å². The van der Waals surface area contributed by atoms with E-state index in [0.29, 0.717) is 19.1 Å². The van der Waals surface area contributed by atoms with E-state index >= 15 is 0 Å². The molecule has 0 aromatic rings. The van der Waals surface area contributed by atoms with Gasteiger partial charge in [-0.05, 0) is 57.9 Å². The number of rotatable bonds is 9. The van der Waals surface area contributed by atoms with Crippen molar-refractivity contribution in [3.05, 3.63) is 36.0 Å². The van der Waals surface area contributed by atoms with Gasteiger partial charge in [0.1, 0.15) is 23.9 Å². The number of allylic oxidation sites excluding steroid dienone is 3. The standard InChI is InChI=1S/C27H41NO6/c1-18(2)26(31)34-20(4)7-14-24(29)28-22-11-9-21(10-12-22)8-5-19(3)6-13-23-25(30)27(17-33-27)15-16-32-23/h5-7,13-14,18,20-23,25,30H,8-12,15-17H2,1-4H3,(H,28,29)/t20-,21?,22?,23+,25+,27+/m0/s1. The van der Waals surface area contributed by atoms with Crippen molar-refractivity contribution in [1.82, 2.24) is 5.32 Å². The Hall–Kier alpha value is -1.96. The highest BCUT2D eigenvalue weighted by molar-refractivity contribution is 5.87. The molecule has 190 valence electrons. The van der Waals surface area contributed by atoms with Gasteiger partial charge in [-0.25, -0.2) is 0 Å². The molecule has 0 aromatic heterocycles. The smallest absolute Gasteiger partial charge is 0.308 e. The van der Waals surface area contributed by atoms with Crippen LogP contribution in [0.25, 0.3) is 0 Å². The summed E-state index contributed by atoms with van der Waals surface area (Å²) in [7, 11) is 0. The number of hydrogen-bond acceptors (Lipinski definition) is 6. The van der Waals surface area contributed by atoms with E-state index in [1.54, 1.807) is 26.8 Å². The normalized spacial score (nSPS) is 32.9. The SMILES string of the molecule is CC(C=C[C@H]1OCC[C@@]2(CO2)[C@@H]1O)=CCC1CCC(NC(=O)C=C[C@H](C)OC(=O)C(C)C)CC1. The minimum Gasteiger partial charge on any atom is -0.458 e. The van der Waals surface area contributed by atoms with Crippen LogP contribution in [0.2, 0.25) is 0 Å². The van der Waals surface area contributed by atoms with Gasteiger partial charge in [-0.15, -0.1) is 0 Å². The molecule has 1 saturated carbocycles. The van der Waals surface area contributed by atoms with Crippen molar-refractivity contribution in [1.29, 1.82) is 0 Å². The average Bonchev–Trinajstić information content (AvgIpc) is 3.58. The Morgan fingerprint density at radius 1 is 1.18 bits per heavy atom. The molecule has 0 radical (unpaired) electrons. The van der Waals surface area contributed by atoms with Crippen molar-refractivity contribution in [3.8, 4) is 0 Å². The first-order chi connectivity index (χ1) is 16.2. The molecule has 2 aliphatic heterocycles. The Morgan fingerprint density at radius 2 is 1.88 bits per heavy atom. The van der Waals surface area contributed by atoms with Crippen LogP contribution in [0.1, 0.15) is 66.2 Å². The van der Waals surface area contributed by atoms with Gasteiger partial charge in [-0.1, -0.05) is 37.6 Å². The van der Waals surface area contributed by atoms with Crippen LogP contribution in [0.15, 0.2) is 36.0 Å². The Morgan fingerprint density at radius 3 is 2.53 bits per heavy atom. The molecule has 3 aliphatic rings. The van der Waals surface area contributed by atoms with Crippen molar-refractivity contribution in [2.75, 3.05) is 13.2 Å². The lowest BCUT2D eigenvalue weighted by Crippen LogP contribution is -2.46. The number of esters is 1. The van der Waals surface area contributed by atoms with Crippen LogP contribution in [-0.2, 0) is 23.8 Å². The number of hydrogen-bond donors (Lipinski definition) is 2. The highest BCUT2D eigenvalue weighted by atomic mass is 16.6. The molecule has 2 saturated heterocycles. The number of carbonyl (C=O) groups is 2. The van der Waals surface area contributed by atoms with Gasteiger partial charge in [0.2, 0.25) is 5.91 Å². The quantitative estimate of drug-likeness (QED) is 0.229. The fraction of sp³-hybridized carbons (Fsp3) is 0.704. The molecule has 1 spiro atoms. The molecule has 0 unspecified atom stereocenters. The van der Waals surface area contributed by atoms with Crippen LogP contribution in [0.5, 0.6) is 0 Å². The number of nitrogens with one attached hydrogen (secondary N) is 1. The van der Waals surface area contributed by atoms with Crippen LogP contribution in [-0.4, -0.2) is 60.2 Å². The van der Waals surface area contributed by atoms with Gasteiger partial charge in [0, 0.05) is 18.5 Å². The summed E-state index contributed by atoms with van der Waals surface area (Å²) in [6, 6.07) is 0.189. The second-order valence-electron chi connectivity index (χ2n) is 10.3. The summed E-state index contributed by atoms with van der Waals surface area (Å²) in [5.74, 6) is 0.0273. The lowest BCUT2D eigenvalue weighted by molar-refractivity contribution is -0.149. The number of carbonyl (C=O) groups excluding carboxylic acids is 2. The van der Waals surface area contributed by atoms with Crippen LogP contribution < -0.4 is 5.32 Å². The minimum atomic E-state index is -0.594. The van der Waals surface area contributed by atoms with Crippen LogP contribution in [0.3, 0.4) is 0 Å². The van der Waals surface area contributed by atoms with Crippen LogP contribution >= 0.6 is 0 Å². The summed E-state index contributed by atoms with van der Waals surface area (Å²) < 4.78 is 16.4. The monoisotopic (exact) mass is 475 g/mol. The number of aliphatic hydroxyl groups excluding tert-OH is 1. The van der Waals surface area contributed by atoms with Gasteiger partial charge in [0.15, 0.2) is 0 Å². The highest BCUT2D eigenvalue weighted by Gasteiger charge is 2.55. The third-order valence-corrected chi connectivity index (χ3v) is 7.01. The Labute approximate surface area is 203 Å². The first-order valence-corrected chi connectivity index (χ1v) is 12.7. The van der Waals surface area contributed by atoms with Crippen molar-refractivity contribution >= 4 is 11.9 Å². The Bertz CT molecular complexity index is 789. The molecular formula is C27H41NO6. The lowest BCUT2D eigenvalue weighted by Gasteiger charge is -2.31. The maximum Gasteiger partial charge on any atom is 0.308 e. The Balaban J connectivity index is 1.34. The van der Waals surface area contributed by atoms with E-state index in [1.807, 2.05) is 12.2 Å². The lowest BCUT2D eigenvalue weighted by atomic mass is 9.83. The highest BCUT2D eigenvalue weighted by Crippen LogP contribution is 2.40. The molecule has 3 fully saturated rings. The fourth-order valence-corrected chi connectivity index (χ4v) is 4.52. The zero-order valence-electron chi connectivity index (χ0n) is 21.0. The minimum absolute atomic E-state index is 0.137. The largest absolute Gasteiger partial charge is 0.458 e. The molecule has 1 aliphatic carbocycles. The van der Waals surface area contributed by atoms with Crippen molar-refractivity contribution in [2.24, 2.45) is 11.8 Å². The average molecular weight is 476 g/mol. The van der Waals surface area contributed by atoms with Crippen LogP contribution in [0, 0.1) is 11.8 Å². The second-order valence-corrected chi connectivity index (χ2v) is 10.3. The van der Waals surface area contributed by atoms with E-state index in [2.05, 4.69) is 18.3 Å². The summed E-state index contributed by atoms with van der Waals surface area (Å²) in [5, 5.41) is 13.5. The maximum absolute atomic E-state index is 12.2. The number of ether oxygens (including phenoxy) is 3. The topological polar surface area (TPSA) is 97.4 Å². The zero-order chi connectivity index (χ0) is 24.7. The van der Waals surface area contributed by atoms with E-state index in [4.69, 9.17) is 14.2 Å². The number of epoxide rings is 1. The van der Waals surface area contributed by atoms with E-state index in [-0.39, 0.29) is 35.5 Å². The van der Waals surface area contributed by atoms with Gasteiger partial charge in [0.05, 0.1) is 19.1 Å². The van der Waals surface area contributed by atoms with Crippen molar-refractivity contribution < 1.29 is 28.9 Å². The predicted octanol–water partition coefficient (Wildman–Crippen LogP) is 3.62. The molecule has 7 nitrogen and oxygen atoms in total. The van der Waals surface area contributed by atoms with E-state index in [1.165, 1.54) is 11.6 Å². The zero-order valence-corrected chi connectivity index (χ0v) is 21.0. The molecule has 7 heteroatoms. The predicted molar refractivity (Wildman–Crippen MR) is 130 cm³/mol. The summed E-state index contributed by atoms with van der Waals surface area (Å²) >= 11 is 0. The number of amides is 1. The van der Waals surface area contributed by atoms with Crippen molar-refractivity contribution in [2.45, 2.75) is 96.2 Å². The maximum atomic E-state index is 12.2. The van der Waals surface area contributed by atoms with E-state index in [9.17, 15) is 14.7 Å². The Kier molecular flexibility index (Phi) is 9.51. The van der Waals surface area contributed by atoms with Gasteiger partial charge < -0.3 is 24.6 Å². The molecule has 4 atom stereocenters. The van der Waals surface area contributed by atoms with Gasteiger partial charge in [0.25, 0.3) is 0 Å². The summed E-state index contributed by atoms with van der Waals surface area (Å²) in [4.78, 5) is 23.8. The van der Waals surface area contributed by atoms with E-state index in [0.717, 1.165) is 38.5 Å². The first-order valence-electron chi connectivity index (χ1n) is 12.7. The molecule has 0 aromatic carbocycles. The third-order valence-electron chi connectivity index (χ3n) is 7.01. The molecular weight excluding hydrogens is 434 g/mol. The molecule has 3 rings (SSSR count). The van der Waals surface area contributed by atoms with Gasteiger partial charge in [-0.2, -0.15) is 0 Å². The fourth-order valence-electron chi connectivity index (χ4n) is 4.52.